The van der Waals surface area contributed by atoms with Crippen LogP contribution in [0.2, 0.25) is 0 Å². The second-order valence-electron chi connectivity index (χ2n) is 5.21. The largest absolute Gasteiger partial charge is 0.480 e. The van der Waals surface area contributed by atoms with E-state index in [1.165, 1.54) is 11.6 Å². The number of carboxylic acid groups (broad SMARTS) is 1. The quantitative estimate of drug-likeness (QED) is 0.540. The highest BCUT2D eigenvalue weighted by Crippen LogP contribution is 2.12. The molecule has 0 saturated heterocycles. The van der Waals surface area contributed by atoms with Gasteiger partial charge >= 0.3 is 5.97 Å². The Bertz CT molecular complexity index is 539. The fraction of sp³-hybridized carbons (Fsp3) is 0.412. The first-order valence-corrected chi connectivity index (χ1v) is 7.21. The molecule has 0 aliphatic carbocycles. The van der Waals surface area contributed by atoms with Crippen molar-refractivity contribution in [1.82, 2.24) is 5.32 Å². The summed E-state index contributed by atoms with van der Waals surface area (Å²) in [5.41, 5.74) is 3.41. The van der Waals surface area contributed by atoms with Crippen LogP contribution in [-0.4, -0.2) is 36.2 Å². The highest BCUT2D eigenvalue weighted by atomic mass is 16.5. The third kappa shape index (κ3) is 6.10. The summed E-state index contributed by atoms with van der Waals surface area (Å²) in [5, 5.41) is 11.5. The van der Waals surface area contributed by atoms with Crippen molar-refractivity contribution in [3.8, 4) is 0 Å². The van der Waals surface area contributed by atoms with Crippen molar-refractivity contribution in [2.45, 2.75) is 32.7 Å². The fourth-order valence-corrected chi connectivity index (χ4v) is 2.08. The van der Waals surface area contributed by atoms with E-state index in [1.54, 1.807) is 0 Å². The van der Waals surface area contributed by atoms with Crippen molar-refractivity contribution >= 4 is 11.9 Å². The van der Waals surface area contributed by atoms with Gasteiger partial charge in [0.05, 0.1) is 13.2 Å². The Morgan fingerprint density at radius 1 is 1.41 bits per heavy atom. The van der Waals surface area contributed by atoms with Gasteiger partial charge in [0.1, 0.15) is 0 Å². The van der Waals surface area contributed by atoms with Gasteiger partial charge < -0.3 is 15.2 Å². The topological polar surface area (TPSA) is 75.6 Å². The van der Waals surface area contributed by atoms with Crippen LogP contribution in [0.1, 0.15) is 23.1 Å². The molecule has 0 radical (unpaired) electrons. The van der Waals surface area contributed by atoms with Gasteiger partial charge in [-0.2, -0.15) is 0 Å². The minimum Gasteiger partial charge on any atom is -0.480 e. The highest BCUT2D eigenvalue weighted by Gasteiger charge is 2.19. The lowest BCUT2D eigenvalue weighted by Crippen LogP contribution is -2.44. The van der Waals surface area contributed by atoms with E-state index in [-0.39, 0.29) is 25.5 Å². The molecule has 1 aromatic rings. The maximum absolute atomic E-state index is 11.9. The first kappa shape index (κ1) is 17.9. The predicted octanol–water partition coefficient (Wildman–Crippen LogP) is 2.01. The van der Waals surface area contributed by atoms with Crippen LogP contribution in [0.4, 0.5) is 0 Å². The Kier molecular flexibility index (Phi) is 7.32. The molecule has 1 unspecified atom stereocenters. The Labute approximate surface area is 131 Å². The Hall–Kier alpha value is -2.14. The molecule has 1 atom stereocenters. The average Bonchev–Trinajstić information content (AvgIpc) is 2.45. The van der Waals surface area contributed by atoms with Gasteiger partial charge in [0.15, 0.2) is 6.04 Å². The van der Waals surface area contributed by atoms with Crippen LogP contribution in [0.15, 0.2) is 30.9 Å². The van der Waals surface area contributed by atoms with Crippen molar-refractivity contribution in [1.29, 1.82) is 0 Å². The van der Waals surface area contributed by atoms with E-state index in [2.05, 4.69) is 18.0 Å². The van der Waals surface area contributed by atoms with E-state index in [9.17, 15) is 9.59 Å². The molecule has 0 saturated carbocycles. The summed E-state index contributed by atoms with van der Waals surface area (Å²) in [5.74, 6) is -1.40. The number of hydrogen-bond acceptors (Lipinski definition) is 3. The molecule has 0 aliphatic rings. The molecule has 2 N–H and O–H groups in total. The van der Waals surface area contributed by atoms with Crippen molar-refractivity contribution < 1.29 is 19.4 Å². The highest BCUT2D eigenvalue weighted by molar-refractivity contribution is 5.83. The maximum Gasteiger partial charge on any atom is 0.328 e. The number of ether oxygens (including phenoxy) is 1. The molecule has 0 heterocycles. The van der Waals surface area contributed by atoms with E-state index in [0.717, 1.165) is 11.1 Å². The average molecular weight is 305 g/mol. The van der Waals surface area contributed by atoms with Crippen molar-refractivity contribution in [3.63, 3.8) is 0 Å². The molecule has 0 fully saturated rings. The van der Waals surface area contributed by atoms with Gasteiger partial charge in [-0.25, -0.2) is 4.79 Å². The molecule has 22 heavy (non-hydrogen) atoms. The molecule has 0 aromatic heterocycles. The van der Waals surface area contributed by atoms with Gasteiger partial charge in [0.25, 0.3) is 0 Å². The fourth-order valence-electron chi connectivity index (χ4n) is 2.08. The Morgan fingerprint density at radius 2 is 2.14 bits per heavy atom. The normalized spacial score (nSPS) is 11.7. The van der Waals surface area contributed by atoms with Gasteiger partial charge in [-0.05, 0) is 31.4 Å². The van der Waals surface area contributed by atoms with Crippen molar-refractivity contribution in [3.05, 3.63) is 47.5 Å². The number of carbonyl (C=O) groups is 2. The number of carboxylic acids is 1. The molecule has 0 bridgehead atoms. The Morgan fingerprint density at radius 3 is 2.73 bits per heavy atom. The van der Waals surface area contributed by atoms with Gasteiger partial charge in [0.2, 0.25) is 5.91 Å². The zero-order valence-corrected chi connectivity index (χ0v) is 13.1. The molecule has 0 spiro atoms. The van der Waals surface area contributed by atoms with Crippen molar-refractivity contribution in [2.75, 3.05) is 13.2 Å². The number of carbonyl (C=O) groups excluding carboxylic acids is 1. The molecule has 1 aromatic carbocycles. The molecule has 5 nitrogen and oxygen atoms in total. The van der Waals surface area contributed by atoms with E-state index < -0.39 is 12.0 Å². The number of rotatable bonds is 9. The van der Waals surface area contributed by atoms with Crippen LogP contribution in [0.3, 0.4) is 0 Å². The third-order valence-electron chi connectivity index (χ3n) is 3.27. The van der Waals surface area contributed by atoms with E-state index in [1.807, 2.05) is 26.0 Å². The van der Waals surface area contributed by atoms with Crippen molar-refractivity contribution in [2.24, 2.45) is 0 Å². The molecule has 1 rings (SSSR count). The summed E-state index contributed by atoms with van der Waals surface area (Å²) in [6.07, 6.45) is 2.35. The second kappa shape index (κ2) is 9.00. The number of aryl methyl sites for hydroxylation is 3. The van der Waals surface area contributed by atoms with Gasteiger partial charge in [-0.3, -0.25) is 4.79 Å². The first-order valence-electron chi connectivity index (χ1n) is 7.21. The van der Waals surface area contributed by atoms with Crippen LogP contribution >= 0.6 is 0 Å². The van der Waals surface area contributed by atoms with Crippen LogP contribution in [0.5, 0.6) is 0 Å². The molecular formula is C17H23NO4. The van der Waals surface area contributed by atoms with Gasteiger partial charge in [-0.1, -0.05) is 29.8 Å². The lowest BCUT2D eigenvalue weighted by molar-refractivity contribution is -0.143. The van der Waals surface area contributed by atoms with E-state index >= 15 is 0 Å². The SMILES string of the molecule is C=CCOCC(NC(=O)CCc1ccc(C)cc1C)C(=O)O. The smallest absolute Gasteiger partial charge is 0.328 e. The Balaban J connectivity index is 2.49. The number of amides is 1. The van der Waals surface area contributed by atoms with Gasteiger partial charge in [0, 0.05) is 6.42 Å². The maximum atomic E-state index is 11.9. The van der Waals surface area contributed by atoms with E-state index in [0.29, 0.717) is 6.42 Å². The number of benzene rings is 1. The summed E-state index contributed by atoms with van der Waals surface area (Å²) < 4.78 is 5.09. The van der Waals surface area contributed by atoms with Crippen LogP contribution in [-0.2, 0) is 20.7 Å². The first-order chi connectivity index (χ1) is 10.4. The van der Waals surface area contributed by atoms with E-state index in [4.69, 9.17) is 9.84 Å². The number of hydrogen-bond donors (Lipinski definition) is 2. The summed E-state index contributed by atoms with van der Waals surface area (Å²) >= 11 is 0. The molecule has 5 heteroatoms. The van der Waals surface area contributed by atoms with Crippen LogP contribution in [0.25, 0.3) is 0 Å². The molecule has 120 valence electrons. The lowest BCUT2D eigenvalue weighted by atomic mass is 10.0. The molecular weight excluding hydrogens is 282 g/mol. The minimum absolute atomic E-state index is 0.0728. The monoisotopic (exact) mass is 305 g/mol. The van der Waals surface area contributed by atoms with Crippen LogP contribution < -0.4 is 5.32 Å². The standard InChI is InChI=1S/C17H23NO4/c1-4-9-22-11-15(17(20)21)18-16(19)8-7-14-6-5-12(2)10-13(14)3/h4-6,10,15H,1,7-9,11H2,2-3H3,(H,18,19)(H,20,21). The zero-order chi connectivity index (χ0) is 16.5. The lowest BCUT2D eigenvalue weighted by Gasteiger charge is -2.14. The van der Waals surface area contributed by atoms with Gasteiger partial charge in [-0.15, -0.1) is 6.58 Å². The minimum atomic E-state index is -1.11. The number of nitrogens with one attached hydrogen (secondary N) is 1. The number of aliphatic carboxylic acids is 1. The predicted molar refractivity (Wildman–Crippen MR) is 84.8 cm³/mol. The third-order valence-corrected chi connectivity index (χ3v) is 3.27. The second-order valence-corrected chi connectivity index (χ2v) is 5.21. The summed E-state index contributed by atoms with van der Waals surface area (Å²) in [7, 11) is 0. The molecule has 1 amide bonds. The summed E-state index contributed by atoms with van der Waals surface area (Å²) in [6, 6.07) is 5.03. The summed E-state index contributed by atoms with van der Waals surface area (Å²) in [4.78, 5) is 23.0. The summed E-state index contributed by atoms with van der Waals surface area (Å²) in [6.45, 7) is 7.68. The van der Waals surface area contributed by atoms with Crippen LogP contribution in [0, 0.1) is 13.8 Å². The zero-order valence-electron chi connectivity index (χ0n) is 13.1. The molecule has 0 aliphatic heterocycles.